The van der Waals surface area contributed by atoms with Crippen LogP contribution in [0.5, 0.6) is 5.75 Å². The van der Waals surface area contributed by atoms with Gasteiger partial charge in [-0.15, -0.1) is 0 Å². The van der Waals surface area contributed by atoms with Gasteiger partial charge in [-0.05, 0) is 55.5 Å². The molecule has 0 aliphatic rings. The van der Waals surface area contributed by atoms with Gasteiger partial charge in [-0.2, -0.15) is 0 Å². The number of carbonyl (C=O) groups excluding carboxylic acids is 2. The summed E-state index contributed by atoms with van der Waals surface area (Å²) in [5.74, 6) is 0.292. The fraction of sp³-hybridized carbons (Fsp3) is 0.211. The van der Waals surface area contributed by atoms with E-state index in [1.807, 2.05) is 37.3 Å². The first-order valence-corrected chi connectivity index (χ1v) is 8.66. The highest BCUT2D eigenvalue weighted by Gasteiger charge is 2.10. The zero-order chi connectivity index (χ0) is 18.8. The third-order valence-electron chi connectivity index (χ3n) is 3.41. The molecule has 26 heavy (non-hydrogen) atoms. The second-order valence-corrected chi connectivity index (χ2v) is 5.78. The largest absolute Gasteiger partial charge is 0.494 e. The number of hydrazine groups is 1. The van der Waals surface area contributed by atoms with Gasteiger partial charge in [0.2, 0.25) is 5.91 Å². The Morgan fingerprint density at radius 2 is 1.65 bits per heavy atom. The Labute approximate surface area is 157 Å². The van der Waals surface area contributed by atoms with Gasteiger partial charge in [0.25, 0.3) is 0 Å². The predicted octanol–water partition coefficient (Wildman–Crippen LogP) is 3.07. The second kappa shape index (κ2) is 10.1. The second-order valence-electron chi connectivity index (χ2n) is 5.37. The van der Waals surface area contributed by atoms with E-state index >= 15 is 0 Å². The Morgan fingerprint density at radius 3 is 2.31 bits per heavy atom. The van der Waals surface area contributed by atoms with Crippen molar-refractivity contribution >= 4 is 34.7 Å². The quantitative estimate of drug-likeness (QED) is 0.394. The number of anilines is 1. The molecular weight excluding hydrogens is 350 g/mol. The van der Waals surface area contributed by atoms with Crippen LogP contribution in [0.2, 0.25) is 0 Å². The maximum absolute atomic E-state index is 12.1. The lowest BCUT2D eigenvalue weighted by atomic mass is 10.1. The average Bonchev–Trinajstić information content (AvgIpc) is 2.66. The van der Waals surface area contributed by atoms with Crippen molar-refractivity contribution in [2.24, 2.45) is 0 Å². The SMILES string of the molecule is CCOc1ccc(C(=O)CCC(=O)NNC(=S)Nc2ccccc2)cc1. The molecule has 0 fully saturated rings. The maximum atomic E-state index is 12.1. The van der Waals surface area contributed by atoms with E-state index in [1.165, 1.54) is 0 Å². The zero-order valence-electron chi connectivity index (χ0n) is 14.5. The van der Waals surface area contributed by atoms with Crippen molar-refractivity contribution in [2.45, 2.75) is 19.8 Å². The normalized spacial score (nSPS) is 9.88. The van der Waals surface area contributed by atoms with Crippen LogP contribution in [0.15, 0.2) is 54.6 Å². The number of ether oxygens (including phenoxy) is 1. The molecule has 0 aromatic heterocycles. The van der Waals surface area contributed by atoms with Gasteiger partial charge in [-0.3, -0.25) is 20.4 Å². The highest BCUT2D eigenvalue weighted by molar-refractivity contribution is 7.80. The van der Waals surface area contributed by atoms with Gasteiger partial charge in [0.05, 0.1) is 6.61 Å². The summed E-state index contributed by atoms with van der Waals surface area (Å²) in [6.07, 6.45) is 0.174. The summed E-state index contributed by atoms with van der Waals surface area (Å²) in [5, 5.41) is 3.20. The Balaban J connectivity index is 1.70. The summed E-state index contributed by atoms with van der Waals surface area (Å²) in [4.78, 5) is 24.0. The van der Waals surface area contributed by atoms with Gasteiger partial charge in [-0.1, -0.05) is 18.2 Å². The Morgan fingerprint density at radius 1 is 0.962 bits per heavy atom. The average molecular weight is 371 g/mol. The summed E-state index contributed by atoms with van der Waals surface area (Å²) in [6, 6.07) is 16.2. The van der Waals surface area contributed by atoms with Crippen LogP contribution >= 0.6 is 12.2 Å². The highest BCUT2D eigenvalue weighted by Crippen LogP contribution is 2.14. The summed E-state index contributed by atoms with van der Waals surface area (Å²) in [5.41, 5.74) is 6.44. The number of para-hydroxylation sites is 1. The number of carbonyl (C=O) groups is 2. The molecule has 0 bridgehead atoms. The van der Waals surface area contributed by atoms with Crippen LogP contribution in [0.4, 0.5) is 5.69 Å². The number of amides is 1. The summed E-state index contributed by atoms with van der Waals surface area (Å²) in [6.45, 7) is 2.47. The van der Waals surface area contributed by atoms with Crippen LogP contribution in [0.25, 0.3) is 0 Å². The molecule has 0 aliphatic heterocycles. The van der Waals surface area contributed by atoms with E-state index in [1.54, 1.807) is 24.3 Å². The number of hydrogen-bond acceptors (Lipinski definition) is 4. The lowest BCUT2D eigenvalue weighted by molar-refractivity contribution is -0.121. The zero-order valence-corrected chi connectivity index (χ0v) is 15.3. The van der Waals surface area contributed by atoms with E-state index < -0.39 is 0 Å². The fourth-order valence-electron chi connectivity index (χ4n) is 2.15. The van der Waals surface area contributed by atoms with Crippen molar-refractivity contribution in [3.8, 4) is 5.75 Å². The van der Waals surface area contributed by atoms with Crippen LogP contribution < -0.4 is 20.9 Å². The number of Topliss-reactive ketones (excluding diaryl/α,β-unsaturated/α-hetero) is 1. The van der Waals surface area contributed by atoms with Gasteiger partial charge < -0.3 is 10.1 Å². The number of ketones is 1. The number of rotatable bonds is 7. The molecule has 0 unspecified atom stereocenters. The fourth-order valence-corrected chi connectivity index (χ4v) is 2.32. The van der Waals surface area contributed by atoms with Gasteiger partial charge in [-0.25, -0.2) is 0 Å². The molecule has 2 aromatic carbocycles. The molecular formula is C19H21N3O3S. The maximum Gasteiger partial charge on any atom is 0.238 e. The van der Waals surface area contributed by atoms with Crippen LogP contribution in [0.3, 0.4) is 0 Å². The molecule has 0 saturated heterocycles. The van der Waals surface area contributed by atoms with Crippen LogP contribution in [-0.2, 0) is 4.79 Å². The molecule has 0 saturated carbocycles. The minimum Gasteiger partial charge on any atom is -0.494 e. The molecule has 7 heteroatoms. The van der Waals surface area contributed by atoms with E-state index in [9.17, 15) is 9.59 Å². The lowest BCUT2D eigenvalue weighted by Gasteiger charge is -2.11. The summed E-state index contributed by atoms with van der Waals surface area (Å²) in [7, 11) is 0. The van der Waals surface area contributed by atoms with Crippen molar-refractivity contribution in [2.75, 3.05) is 11.9 Å². The topological polar surface area (TPSA) is 79.5 Å². The number of nitrogens with one attached hydrogen (secondary N) is 3. The summed E-state index contributed by atoms with van der Waals surface area (Å²) < 4.78 is 5.33. The molecule has 0 radical (unpaired) electrons. The smallest absolute Gasteiger partial charge is 0.238 e. The first-order chi connectivity index (χ1) is 12.6. The summed E-state index contributed by atoms with van der Waals surface area (Å²) >= 11 is 5.08. The molecule has 2 rings (SSSR count). The Kier molecular flexibility index (Phi) is 7.57. The van der Waals surface area contributed by atoms with E-state index in [-0.39, 0.29) is 29.6 Å². The molecule has 6 nitrogen and oxygen atoms in total. The molecule has 3 N–H and O–H groups in total. The first kappa shape index (κ1) is 19.4. The molecule has 0 spiro atoms. The molecule has 0 aliphatic carbocycles. The van der Waals surface area contributed by atoms with Crippen molar-refractivity contribution in [1.82, 2.24) is 10.9 Å². The van der Waals surface area contributed by atoms with E-state index in [0.29, 0.717) is 17.9 Å². The van der Waals surface area contributed by atoms with Crippen molar-refractivity contribution in [3.05, 3.63) is 60.2 Å². The molecule has 1 amide bonds. The molecule has 0 heterocycles. The first-order valence-electron chi connectivity index (χ1n) is 8.25. The number of hydrogen-bond donors (Lipinski definition) is 3. The van der Waals surface area contributed by atoms with Crippen molar-refractivity contribution in [1.29, 1.82) is 0 Å². The van der Waals surface area contributed by atoms with Crippen LogP contribution in [0.1, 0.15) is 30.1 Å². The third-order valence-corrected chi connectivity index (χ3v) is 3.62. The standard InChI is InChI=1S/C19H21N3O3S/c1-2-25-16-10-8-14(9-11-16)17(23)12-13-18(24)21-22-19(26)20-15-6-4-3-5-7-15/h3-11H,2,12-13H2,1H3,(H,21,24)(H2,20,22,26). The predicted molar refractivity (Wildman–Crippen MR) is 105 cm³/mol. The Bertz CT molecular complexity index is 748. The van der Waals surface area contributed by atoms with Crippen molar-refractivity contribution < 1.29 is 14.3 Å². The number of thiocarbonyl (C=S) groups is 1. The monoisotopic (exact) mass is 371 g/mol. The Hall–Kier alpha value is -2.93. The van der Waals surface area contributed by atoms with E-state index in [4.69, 9.17) is 17.0 Å². The van der Waals surface area contributed by atoms with Gasteiger partial charge in [0.1, 0.15) is 5.75 Å². The third kappa shape index (κ3) is 6.52. The molecule has 0 atom stereocenters. The minimum atomic E-state index is -0.318. The number of benzene rings is 2. The van der Waals surface area contributed by atoms with Crippen molar-refractivity contribution in [3.63, 3.8) is 0 Å². The van der Waals surface area contributed by atoms with E-state index in [0.717, 1.165) is 5.69 Å². The molecule has 2 aromatic rings. The van der Waals surface area contributed by atoms with E-state index in [2.05, 4.69) is 16.2 Å². The van der Waals surface area contributed by atoms with Crippen LogP contribution in [0, 0.1) is 0 Å². The van der Waals surface area contributed by atoms with Gasteiger partial charge in [0, 0.05) is 24.1 Å². The van der Waals surface area contributed by atoms with Gasteiger partial charge in [0.15, 0.2) is 10.9 Å². The lowest BCUT2D eigenvalue weighted by Crippen LogP contribution is -2.43. The van der Waals surface area contributed by atoms with Crippen LogP contribution in [-0.4, -0.2) is 23.4 Å². The molecule has 136 valence electrons. The highest BCUT2D eigenvalue weighted by atomic mass is 32.1. The minimum absolute atomic E-state index is 0.0625. The van der Waals surface area contributed by atoms with Gasteiger partial charge >= 0.3 is 0 Å².